The number of anilines is 3. The summed E-state index contributed by atoms with van der Waals surface area (Å²) >= 11 is 0. The molecule has 0 bridgehead atoms. The molecule has 0 saturated carbocycles. The Morgan fingerprint density at radius 3 is 2.19 bits per heavy atom. The van der Waals surface area contributed by atoms with E-state index in [1.807, 2.05) is 0 Å². The second-order valence-electron chi connectivity index (χ2n) is 6.99. The summed E-state index contributed by atoms with van der Waals surface area (Å²) in [4.78, 5) is 26.2. The number of amides is 2. The lowest BCUT2D eigenvalue weighted by Crippen LogP contribution is -2.48. The van der Waals surface area contributed by atoms with Gasteiger partial charge in [-0.15, -0.1) is 0 Å². The lowest BCUT2D eigenvalue weighted by atomic mass is 10.2. The van der Waals surface area contributed by atoms with Crippen LogP contribution in [0, 0.1) is 11.6 Å². The summed E-state index contributed by atoms with van der Waals surface area (Å²) in [6.45, 7) is -0.948. The van der Waals surface area contributed by atoms with Crippen molar-refractivity contribution < 1.29 is 26.8 Å². The van der Waals surface area contributed by atoms with Crippen molar-refractivity contribution in [3.63, 3.8) is 0 Å². The van der Waals surface area contributed by atoms with Gasteiger partial charge >= 0.3 is 0 Å². The summed E-state index contributed by atoms with van der Waals surface area (Å²) in [6.07, 6.45) is 0. The molecule has 0 spiro atoms. The third kappa shape index (κ3) is 4.17. The van der Waals surface area contributed by atoms with Crippen LogP contribution in [-0.2, 0) is 19.6 Å². The summed E-state index contributed by atoms with van der Waals surface area (Å²) in [7, 11) is -4.31. The molecule has 2 amide bonds. The molecule has 164 valence electrons. The topological polar surface area (TPSA) is 86.8 Å². The molecule has 0 radical (unpaired) electrons. The largest absolute Gasteiger partial charge is 0.323 e. The van der Waals surface area contributed by atoms with Gasteiger partial charge in [0.2, 0.25) is 11.8 Å². The van der Waals surface area contributed by atoms with Crippen LogP contribution < -0.4 is 14.5 Å². The highest BCUT2D eigenvalue weighted by atomic mass is 32.2. The van der Waals surface area contributed by atoms with Crippen LogP contribution in [0.1, 0.15) is 0 Å². The molecular formula is C22H17F2N3O4S. The van der Waals surface area contributed by atoms with E-state index in [1.165, 1.54) is 17.0 Å². The predicted molar refractivity (Wildman–Crippen MR) is 115 cm³/mol. The summed E-state index contributed by atoms with van der Waals surface area (Å²) in [5.74, 6) is -2.29. The Balaban J connectivity index is 1.73. The summed E-state index contributed by atoms with van der Waals surface area (Å²) in [5, 5.41) is 2.66. The predicted octanol–water partition coefficient (Wildman–Crippen LogP) is 3.15. The van der Waals surface area contributed by atoms with E-state index in [-0.39, 0.29) is 17.1 Å². The van der Waals surface area contributed by atoms with Gasteiger partial charge in [0.15, 0.2) is 0 Å². The Bertz CT molecular complexity index is 1280. The lowest BCUT2D eigenvalue weighted by molar-refractivity contribution is -0.121. The van der Waals surface area contributed by atoms with Crippen molar-refractivity contribution in [2.24, 2.45) is 0 Å². The first kappa shape index (κ1) is 21.4. The van der Waals surface area contributed by atoms with Gasteiger partial charge in [0, 0.05) is 0 Å². The van der Waals surface area contributed by atoms with E-state index < -0.39 is 40.0 Å². The van der Waals surface area contributed by atoms with Gasteiger partial charge in [-0.1, -0.05) is 12.1 Å². The maximum Gasteiger partial charge on any atom is 0.264 e. The fourth-order valence-corrected chi connectivity index (χ4v) is 4.73. The number of carbonyl (C=O) groups excluding carboxylic acids is 2. The van der Waals surface area contributed by atoms with Gasteiger partial charge in [0.25, 0.3) is 10.0 Å². The fourth-order valence-electron chi connectivity index (χ4n) is 3.32. The minimum Gasteiger partial charge on any atom is -0.323 e. The number of para-hydroxylation sites is 2. The molecule has 0 aliphatic carbocycles. The number of nitrogens with zero attached hydrogens (tertiary/aromatic N) is 2. The van der Waals surface area contributed by atoms with Crippen LogP contribution in [0.2, 0.25) is 0 Å². The fraction of sp³-hybridized carbons (Fsp3) is 0.0909. The number of nitrogens with one attached hydrogen (secondary N) is 1. The molecule has 1 aliphatic heterocycles. The number of sulfonamides is 1. The molecular weight excluding hydrogens is 440 g/mol. The Labute approximate surface area is 182 Å². The van der Waals surface area contributed by atoms with E-state index in [2.05, 4.69) is 5.32 Å². The van der Waals surface area contributed by atoms with Gasteiger partial charge in [0.1, 0.15) is 24.7 Å². The van der Waals surface area contributed by atoms with Crippen LogP contribution in [0.15, 0.2) is 77.7 Å². The molecule has 0 unspecified atom stereocenters. The molecule has 4 rings (SSSR count). The molecule has 1 aliphatic rings. The smallest absolute Gasteiger partial charge is 0.264 e. The second-order valence-corrected chi connectivity index (χ2v) is 8.85. The van der Waals surface area contributed by atoms with Crippen LogP contribution in [0.5, 0.6) is 0 Å². The number of fused-ring (bicyclic) bond motifs is 1. The Kier molecular flexibility index (Phi) is 5.62. The van der Waals surface area contributed by atoms with Crippen LogP contribution in [0.3, 0.4) is 0 Å². The van der Waals surface area contributed by atoms with E-state index >= 15 is 0 Å². The molecule has 3 aromatic rings. The number of benzene rings is 3. The minimum absolute atomic E-state index is 0.0406. The summed E-state index contributed by atoms with van der Waals surface area (Å²) < 4.78 is 54.2. The van der Waals surface area contributed by atoms with Gasteiger partial charge < -0.3 is 5.32 Å². The Morgan fingerprint density at radius 1 is 0.938 bits per heavy atom. The molecule has 0 aromatic heterocycles. The van der Waals surface area contributed by atoms with Crippen molar-refractivity contribution in [3.05, 3.63) is 84.4 Å². The van der Waals surface area contributed by atoms with E-state index in [9.17, 15) is 26.8 Å². The van der Waals surface area contributed by atoms with Crippen LogP contribution in [0.25, 0.3) is 0 Å². The zero-order chi connectivity index (χ0) is 22.9. The lowest BCUT2D eigenvalue weighted by Gasteiger charge is -2.31. The standard InChI is InChI=1S/C22H17F2N3O4S/c23-15-5-9-17(10-6-15)27(32(30,31)18-11-7-16(24)8-12-18)14-22(29)26-13-21(28)25-19-3-1-2-4-20(19)26/h1-12H,13-14H2,(H,25,28). The molecule has 1 heterocycles. The summed E-state index contributed by atoms with van der Waals surface area (Å²) in [5.41, 5.74) is 0.890. The van der Waals surface area contributed by atoms with Crippen molar-refractivity contribution in [3.8, 4) is 0 Å². The quantitative estimate of drug-likeness (QED) is 0.638. The second kappa shape index (κ2) is 8.39. The zero-order valence-electron chi connectivity index (χ0n) is 16.5. The van der Waals surface area contributed by atoms with Crippen LogP contribution in [0.4, 0.5) is 25.8 Å². The average Bonchev–Trinajstić information content (AvgIpc) is 2.77. The molecule has 32 heavy (non-hydrogen) atoms. The molecule has 0 atom stereocenters. The highest BCUT2D eigenvalue weighted by molar-refractivity contribution is 7.92. The zero-order valence-corrected chi connectivity index (χ0v) is 17.4. The number of hydrogen-bond donors (Lipinski definition) is 1. The third-order valence-corrected chi connectivity index (χ3v) is 6.65. The van der Waals surface area contributed by atoms with Gasteiger partial charge in [-0.25, -0.2) is 17.2 Å². The van der Waals surface area contributed by atoms with Crippen LogP contribution in [-0.4, -0.2) is 33.3 Å². The molecule has 10 heteroatoms. The number of halogens is 2. The number of rotatable bonds is 5. The van der Waals surface area contributed by atoms with Crippen molar-refractivity contribution in [1.82, 2.24) is 0 Å². The molecule has 1 N–H and O–H groups in total. The molecule has 0 saturated heterocycles. The van der Waals surface area contributed by atoms with Crippen molar-refractivity contribution in [2.75, 3.05) is 27.6 Å². The Morgan fingerprint density at radius 2 is 1.53 bits per heavy atom. The third-order valence-electron chi connectivity index (χ3n) is 4.87. The number of carbonyl (C=O) groups is 2. The molecule has 7 nitrogen and oxygen atoms in total. The monoisotopic (exact) mass is 457 g/mol. The summed E-state index contributed by atoms with van der Waals surface area (Å²) in [6, 6.07) is 15.3. The highest BCUT2D eigenvalue weighted by Gasteiger charge is 2.32. The van der Waals surface area contributed by atoms with E-state index in [4.69, 9.17) is 0 Å². The highest BCUT2D eigenvalue weighted by Crippen LogP contribution is 2.30. The van der Waals surface area contributed by atoms with Crippen molar-refractivity contribution >= 4 is 38.9 Å². The first-order valence-electron chi connectivity index (χ1n) is 9.49. The molecule has 0 fully saturated rings. The van der Waals surface area contributed by atoms with Crippen molar-refractivity contribution in [2.45, 2.75) is 4.90 Å². The average molecular weight is 457 g/mol. The van der Waals surface area contributed by atoms with E-state index in [0.717, 1.165) is 40.7 Å². The normalized spacial score (nSPS) is 13.3. The van der Waals surface area contributed by atoms with Crippen molar-refractivity contribution in [1.29, 1.82) is 0 Å². The van der Waals surface area contributed by atoms with Gasteiger partial charge in [-0.05, 0) is 60.7 Å². The first-order valence-corrected chi connectivity index (χ1v) is 10.9. The van der Waals surface area contributed by atoms with Crippen LogP contribution >= 0.6 is 0 Å². The maximum atomic E-state index is 13.4. The SMILES string of the molecule is O=C1CN(C(=O)CN(c2ccc(F)cc2)S(=O)(=O)c2ccc(F)cc2)c2ccccc2N1. The van der Waals surface area contributed by atoms with E-state index in [1.54, 1.807) is 24.3 Å². The van der Waals surface area contributed by atoms with E-state index in [0.29, 0.717) is 11.4 Å². The van der Waals surface area contributed by atoms with Gasteiger partial charge in [-0.3, -0.25) is 18.8 Å². The maximum absolute atomic E-state index is 13.4. The van der Waals surface area contributed by atoms with Gasteiger partial charge in [-0.2, -0.15) is 0 Å². The Hall–Kier alpha value is -3.79. The molecule has 3 aromatic carbocycles. The first-order chi connectivity index (χ1) is 15.3. The van der Waals surface area contributed by atoms with Gasteiger partial charge in [0.05, 0.1) is 22.0 Å². The minimum atomic E-state index is -4.31. The number of hydrogen-bond acceptors (Lipinski definition) is 4.